The highest BCUT2D eigenvalue weighted by Crippen LogP contribution is 2.27. The summed E-state index contributed by atoms with van der Waals surface area (Å²) in [5.74, 6) is -0.577. The summed E-state index contributed by atoms with van der Waals surface area (Å²) >= 11 is 5.30. The minimum absolute atomic E-state index is 0.00710. The van der Waals surface area contributed by atoms with Crippen molar-refractivity contribution in [2.24, 2.45) is 0 Å². The van der Waals surface area contributed by atoms with E-state index in [-0.39, 0.29) is 16.4 Å². The maximum absolute atomic E-state index is 12.3. The summed E-state index contributed by atoms with van der Waals surface area (Å²) in [7, 11) is 0. The highest BCUT2D eigenvalue weighted by Gasteiger charge is 2.25. The van der Waals surface area contributed by atoms with Gasteiger partial charge in [0.05, 0.1) is 4.92 Å². The predicted octanol–water partition coefficient (Wildman–Crippen LogP) is 2.67. The van der Waals surface area contributed by atoms with Crippen LogP contribution in [-0.4, -0.2) is 22.5 Å². The predicted molar refractivity (Wildman–Crippen MR) is 90.7 cm³/mol. The Morgan fingerprint density at radius 1 is 1.17 bits per heavy atom. The molecule has 7 heteroatoms. The lowest BCUT2D eigenvalue weighted by molar-refractivity contribution is -0.385. The third-order valence-corrected chi connectivity index (χ3v) is 4.02. The Kier molecular flexibility index (Phi) is 4.03. The number of thiocarbonyl (C=S) groups is 1. The molecule has 2 aromatic rings. The minimum Gasteiger partial charge on any atom is -0.318 e. The molecule has 0 saturated carbocycles. The highest BCUT2D eigenvalue weighted by molar-refractivity contribution is 7.80. The molecule has 116 valence electrons. The van der Waals surface area contributed by atoms with E-state index in [2.05, 4.69) is 5.32 Å². The minimum atomic E-state index is -0.580. The molecule has 23 heavy (non-hydrogen) atoms. The average molecular weight is 327 g/mol. The third-order valence-electron chi connectivity index (χ3n) is 3.70. The lowest BCUT2D eigenvalue weighted by Crippen LogP contribution is -2.42. The second-order valence-corrected chi connectivity index (χ2v) is 5.45. The lowest BCUT2D eigenvalue weighted by atomic mass is 10.1. The van der Waals surface area contributed by atoms with Gasteiger partial charge < -0.3 is 4.90 Å². The van der Waals surface area contributed by atoms with Crippen molar-refractivity contribution in [3.63, 3.8) is 0 Å². The molecule has 1 amide bonds. The van der Waals surface area contributed by atoms with Crippen LogP contribution in [0.4, 0.5) is 11.4 Å². The number of benzene rings is 2. The van der Waals surface area contributed by atoms with Gasteiger partial charge in [-0.25, -0.2) is 0 Å². The summed E-state index contributed by atoms with van der Waals surface area (Å²) in [6.07, 6.45) is 0.845. The lowest BCUT2D eigenvalue weighted by Gasteiger charge is -2.20. The van der Waals surface area contributed by atoms with Crippen LogP contribution in [-0.2, 0) is 6.42 Å². The Morgan fingerprint density at radius 2 is 1.87 bits per heavy atom. The van der Waals surface area contributed by atoms with Crippen molar-refractivity contribution in [1.82, 2.24) is 5.32 Å². The van der Waals surface area contributed by atoms with E-state index in [0.29, 0.717) is 6.54 Å². The second-order valence-electron chi connectivity index (χ2n) is 5.06. The van der Waals surface area contributed by atoms with Gasteiger partial charge >= 0.3 is 0 Å². The number of nitro benzene ring substituents is 1. The first-order chi connectivity index (χ1) is 11.1. The Balaban J connectivity index is 1.79. The standard InChI is InChI=1S/C16H13N3O3S/c20-15(12-6-2-4-8-14(12)19(21)22)17-16(23)18-10-9-11-5-1-3-7-13(11)18/h1-8H,9-10H2,(H,17,20,23). The summed E-state index contributed by atoms with van der Waals surface area (Å²) in [5.41, 5.74) is 1.87. The molecule has 1 aliphatic rings. The topological polar surface area (TPSA) is 75.5 Å². The average Bonchev–Trinajstić information content (AvgIpc) is 2.98. The van der Waals surface area contributed by atoms with Crippen molar-refractivity contribution < 1.29 is 9.72 Å². The van der Waals surface area contributed by atoms with Crippen LogP contribution in [0.15, 0.2) is 48.5 Å². The molecule has 0 aliphatic carbocycles. The molecule has 0 atom stereocenters. The molecule has 1 aliphatic heterocycles. The van der Waals surface area contributed by atoms with Gasteiger partial charge in [-0.3, -0.25) is 20.2 Å². The van der Waals surface area contributed by atoms with Crippen LogP contribution in [0, 0.1) is 10.1 Å². The number of para-hydroxylation sites is 2. The Morgan fingerprint density at radius 3 is 2.65 bits per heavy atom. The zero-order valence-corrected chi connectivity index (χ0v) is 12.9. The zero-order chi connectivity index (χ0) is 16.4. The number of fused-ring (bicyclic) bond motifs is 1. The first kappa shape index (κ1) is 15.1. The molecule has 0 aromatic heterocycles. The number of nitrogens with zero attached hydrogens (tertiary/aromatic N) is 2. The van der Waals surface area contributed by atoms with Crippen molar-refractivity contribution in [3.8, 4) is 0 Å². The molecule has 0 radical (unpaired) electrons. The Hall–Kier alpha value is -2.80. The molecule has 0 spiro atoms. The number of nitro groups is 1. The fourth-order valence-electron chi connectivity index (χ4n) is 2.61. The van der Waals surface area contributed by atoms with Crippen molar-refractivity contribution >= 4 is 34.6 Å². The quantitative estimate of drug-likeness (QED) is 0.521. The molecule has 0 saturated heterocycles. The molecule has 2 aromatic carbocycles. The fourth-order valence-corrected chi connectivity index (χ4v) is 2.89. The maximum Gasteiger partial charge on any atom is 0.282 e. The van der Waals surface area contributed by atoms with Gasteiger partial charge in [-0.1, -0.05) is 30.3 Å². The van der Waals surface area contributed by atoms with Crippen molar-refractivity contribution in [2.75, 3.05) is 11.4 Å². The molecular weight excluding hydrogens is 314 g/mol. The number of hydrogen-bond acceptors (Lipinski definition) is 4. The first-order valence-electron chi connectivity index (χ1n) is 7.02. The number of hydrogen-bond donors (Lipinski definition) is 1. The normalized spacial score (nSPS) is 12.6. The van der Waals surface area contributed by atoms with Crippen LogP contribution in [0.1, 0.15) is 15.9 Å². The monoisotopic (exact) mass is 327 g/mol. The SMILES string of the molecule is O=C(NC(=S)N1CCc2ccccc21)c1ccccc1[N+](=O)[O-]. The molecule has 6 nitrogen and oxygen atoms in total. The maximum atomic E-state index is 12.3. The van der Waals surface area contributed by atoms with Crippen LogP contribution in [0.2, 0.25) is 0 Å². The molecule has 3 rings (SSSR count). The fraction of sp³-hybridized carbons (Fsp3) is 0.125. The van der Waals surface area contributed by atoms with Gasteiger partial charge in [0.1, 0.15) is 5.56 Å². The molecule has 1 heterocycles. The van der Waals surface area contributed by atoms with Crippen molar-refractivity contribution in [1.29, 1.82) is 0 Å². The van der Waals surface area contributed by atoms with E-state index in [1.165, 1.54) is 18.2 Å². The van der Waals surface area contributed by atoms with E-state index in [4.69, 9.17) is 12.2 Å². The first-order valence-corrected chi connectivity index (χ1v) is 7.43. The van der Waals surface area contributed by atoms with E-state index < -0.39 is 10.8 Å². The molecule has 1 N–H and O–H groups in total. The summed E-state index contributed by atoms with van der Waals surface area (Å²) in [5, 5.41) is 13.9. The van der Waals surface area contributed by atoms with Crippen molar-refractivity contribution in [2.45, 2.75) is 6.42 Å². The number of anilines is 1. The summed E-state index contributed by atoms with van der Waals surface area (Å²) < 4.78 is 0. The van der Waals surface area contributed by atoms with E-state index in [1.807, 2.05) is 29.2 Å². The summed E-state index contributed by atoms with van der Waals surface area (Å²) in [6, 6.07) is 13.6. The van der Waals surface area contributed by atoms with E-state index in [1.54, 1.807) is 6.07 Å². The number of carbonyl (C=O) groups is 1. The third kappa shape index (κ3) is 2.91. The van der Waals surface area contributed by atoms with Gasteiger partial charge in [-0.15, -0.1) is 0 Å². The van der Waals surface area contributed by atoms with Crippen LogP contribution in [0.3, 0.4) is 0 Å². The highest BCUT2D eigenvalue weighted by atomic mass is 32.1. The molecule has 0 bridgehead atoms. The van der Waals surface area contributed by atoms with Crippen LogP contribution >= 0.6 is 12.2 Å². The number of nitrogens with one attached hydrogen (secondary N) is 1. The van der Waals surface area contributed by atoms with E-state index in [9.17, 15) is 14.9 Å². The smallest absolute Gasteiger partial charge is 0.282 e. The number of amides is 1. The molecule has 0 unspecified atom stereocenters. The Labute approximate surface area is 137 Å². The van der Waals surface area contributed by atoms with Crippen LogP contribution in [0.25, 0.3) is 0 Å². The Bertz CT molecular complexity index is 807. The van der Waals surface area contributed by atoms with Gasteiger partial charge in [0, 0.05) is 18.3 Å². The number of carbonyl (C=O) groups excluding carboxylic acids is 1. The second kappa shape index (κ2) is 6.13. The van der Waals surface area contributed by atoms with Gasteiger partial charge in [0.15, 0.2) is 5.11 Å². The number of rotatable bonds is 2. The van der Waals surface area contributed by atoms with Gasteiger partial charge in [0.25, 0.3) is 11.6 Å². The van der Waals surface area contributed by atoms with Crippen LogP contribution < -0.4 is 10.2 Å². The summed E-state index contributed by atoms with van der Waals surface area (Å²) in [4.78, 5) is 24.6. The van der Waals surface area contributed by atoms with Gasteiger partial charge in [-0.05, 0) is 36.3 Å². The van der Waals surface area contributed by atoms with E-state index >= 15 is 0 Å². The van der Waals surface area contributed by atoms with Gasteiger partial charge in [-0.2, -0.15) is 0 Å². The summed E-state index contributed by atoms with van der Waals surface area (Å²) in [6.45, 7) is 0.676. The van der Waals surface area contributed by atoms with Crippen LogP contribution in [0.5, 0.6) is 0 Å². The van der Waals surface area contributed by atoms with Crippen molar-refractivity contribution in [3.05, 3.63) is 69.8 Å². The van der Waals surface area contributed by atoms with E-state index in [0.717, 1.165) is 17.7 Å². The molecular formula is C16H13N3O3S. The largest absolute Gasteiger partial charge is 0.318 e. The molecule has 0 fully saturated rings. The van der Waals surface area contributed by atoms with Gasteiger partial charge in [0.2, 0.25) is 0 Å². The zero-order valence-electron chi connectivity index (χ0n) is 12.1.